The molecule has 0 aromatic heterocycles. The Kier molecular flexibility index (Phi) is 4.13. The van der Waals surface area contributed by atoms with Crippen LogP contribution in [0, 0.1) is 15.5 Å². The van der Waals surface area contributed by atoms with E-state index in [1.165, 1.54) is 18.2 Å². The standard InChI is InChI=1S/C14H20N4O3/c1-14(2)7-3-4-12(14)16-13(19)10-8-9(17-15)5-6-11(10)18(20)21/h5-6,8,12,17H,3-4,7,15H2,1-2H3,(H,16,19). The number of carbonyl (C=O) groups is 1. The number of nitro benzene ring substituents is 1. The lowest BCUT2D eigenvalue weighted by molar-refractivity contribution is -0.385. The molecule has 1 amide bonds. The molecule has 0 radical (unpaired) electrons. The lowest BCUT2D eigenvalue weighted by atomic mass is 9.87. The van der Waals surface area contributed by atoms with E-state index in [0.717, 1.165) is 19.3 Å². The molecule has 1 aliphatic carbocycles. The van der Waals surface area contributed by atoms with E-state index < -0.39 is 10.8 Å². The molecular formula is C14H20N4O3. The third-order valence-corrected chi connectivity index (χ3v) is 4.17. The van der Waals surface area contributed by atoms with Crippen molar-refractivity contribution in [2.24, 2.45) is 11.3 Å². The van der Waals surface area contributed by atoms with Crippen molar-refractivity contribution in [2.75, 3.05) is 5.43 Å². The van der Waals surface area contributed by atoms with Crippen molar-refractivity contribution in [2.45, 2.75) is 39.2 Å². The number of nitro groups is 1. The van der Waals surface area contributed by atoms with Crippen LogP contribution < -0.4 is 16.6 Å². The van der Waals surface area contributed by atoms with Crippen molar-refractivity contribution in [1.29, 1.82) is 0 Å². The first-order valence-corrected chi connectivity index (χ1v) is 6.91. The molecule has 0 heterocycles. The number of carbonyl (C=O) groups excluding carboxylic acids is 1. The molecule has 1 unspecified atom stereocenters. The van der Waals surface area contributed by atoms with E-state index in [1.54, 1.807) is 0 Å². The molecule has 0 spiro atoms. The summed E-state index contributed by atoms with van der Waals surface area (Å²) in [6.07, 6.45) is 2.97. The maximum Gasteiger partial charge on any atom is 0.282 e. The lowest BCUT2D eigenvalue weighted by Crippen LogP contribution is -2.41. The molecular weight excluding hydrogens is 272 g/mol. The first-order chi connectivity index (χ1) is 9.85. The zero-order chi connectivity index (χ0) is 15.6. The fraction of sp³-hybridized carbons (Fsp3) is 0.500. The minimum atomic E-state index is -0.561. The highest BCUT2D eigenvalue weighted by Crippen LogP contribution is 2.37. The molecule has 114 valence electrons. The van der Waals surface area contributed by atoms with E-state index in [4.69, 9.17) is 5.84 Å². The van der Waals surface area contributed by atoms with Gasteiger partial charge in [0.1, 0.15) is 5.56 Å². The number of rotatable bonds is 4. The van der Waals surface area contributed by atoms with Gasteiger partial charge in [-0.2, -0.15) is 0 Å². The molecule has 0 bridgehead atoms. The zero-order valence-electron chi connectivity index (χ0n) is 12.2. The SMILES string of the molecule is CC1(C)CCCC1NC(=O)c1cc(NN)ccc1[N+](=O)[O-]. The van der Waals surface area contributed by atoms with Crippen LogP contribution in [0.15, 0.2) is 18.2 Å². The Morgan fingerprint density at radius 2 is 2.19 bits per heavy atom. The number of nitrogen functional groups attached to an aromatic ring is 1. The number of nitrogens with two attached hydrogens (primary N) is 1. The molecule has 2 rings (SSSR count). The summed E-state index contributed by atoms with van der Waals surface area (Å²) in [5.41, 5.74) is 2.66. The molecule has 1 aliphatic rings. The second-order valence-electron chi connectivity index (χ2n) is 6.04. The highest BCUT2D eigenvalue weighted by atomic mass is 16.6. The topological polar surface area (TPSA) is 110 Å². The maximum atomic E-state index is 12.4. The van der Waals surface area contributed by atoms with Gasteiger partial charge in [-0.05, 0) is 30.4 Å². The normalized spacial score (nSPS) is 20.0. The molecule has 21 heavy (non-hydrogen) atoms. The van der Waals surface area contributed by atoms with Gasteiger partial charge in [0.25, 0.3) is 11.6 Å². The molecule has 1 fully saturated rings. The second-order valence-corrected chi connectivity index (χ2v) is 6.04. The van der Waals surface area contributed by atoms with E-state index >= 15 is 0 Å². The summed E-state index contributed by atoms with van der Waals surface area (Å²) in [5, 5.41) is 14.0. The summed E-state index contributed by atoms with van der Waals surface area (Å²) < 4.78 is 0. The largest absolute Gasteiger partial charge is 0.349 e. The van der Waals surface area contributed by atoms with E-state index in [-0.39, 0.29) is 22.7 Å². The lowest BCUT2D eigenvalue weighted by Gasteiger charge is -2.27. The maximum absolute atomic E-state index is 12.4. The predicted octanol–water partition coefficient (Wildman–Crippen LogP) is 2.19. The van der Waals surface area contributed by atoms with Crippen molar-refractivity contribution in [3.63, 3.8) is 0 Å². The highest BCUT2D eigenvalue weighted by Gasteiger charge is 2.36. The molecule has 1 aromatic rings. The molecule has 0 aliphatic heterocycles. The Morgan fingerprint density at radius 1 is 1.48 bits per heavy atom. The Labute approximate surface area is 123 Å². The van der Waals surface area contributed by atoms with Gasteiger partial charge in [0.05, 0.1) is 4.92 Å². The molecule has 7 heteroatoms. The van der Waals surface area contributed by atoms with Crippen LogP contribution in [0.2, 0.25) is 0 Å². The summed E-state index contributed by atoms with van der Waals surface area (Å²) >= 11 is 0. The van der Waals surface area contributed by atoms with Gasteiger partial charge in [0, 0.05) is 17.8 Å². The van der Waals surface area contributed by atoms with Crippen molar-refractivity contribution >= 4 is 17.3 Å². The van der Waals surface area contributed by atoms with Crippen LogP contribution in [0.1, 0.15) is 43.5 Å². The number of hydrogen-bond donors (Lipinski definition) is 3. The van der Waals surface area contributed by atoms with Crippen LogP contribution >= 0.6 is 0 Å². The number of nitrogens with zero attached hydrogens (tertiary/aromatic N) is 1. The summed E-state index contributed by atoms with van der Waals surface area (Å²) in [4.78, 5) is 22.9. The van der Waals surface area contributed by atoms with Gasteiger partial charge in [-0.1, -0.05) is 20.3 Å². The van der Waals surface area contributed by atoms with Crippen LogP contribution in [0.5, 0.6) is 0 Å². The Balaban J connectivity index is 2.27. The molecule has 1 saturated carbocycles. The molecule has 4 N–H and O–H groups in total. The average molecular weight is 292 g/mol. The Hall–Kier alpha value is -2.15. The second kappa shape index (κ2) is 5.69. The fourth-order valence-corrected chi connectivity index (χ4v) is 2.80. The van der Waals surface area contributed by atoms with Gasteiger partial charge >= 0.3 is 0 Å². The van der Waals surface area contributed by atoms with Gasteiger partial charge in [-0.3, -0.25) is 20.8 Å². The minimum absolute atomic E-state index is 0.00810. The van der Waals surface area contributed by atoms with E-state index in [9.17, 15) is 14.9 Å². The number of amides is 1. The number of benzene rings is 1. The molecule has 1 atom stereocenters. The third kappa shape index (κ3) is 3.13. The van der Waals surface area contributed by atoms with Crippen LogP contribution in [-0.2, 0) is 0 Å². The quantitative estimate of drug-likeness (QED) is 0.447. The van der Waals surface area contributed by atoms with Crippen LogP contribution in [-0.4, -0.2) is 16.9 Å². The fourth-order valence-electron chi connectivity index (χ4n) is 2.80. The summed E-state index contributed by atoms with van der Waals surface area (Å²) in [6, 6.07) is 4.17. The number of nitrogens with one attached hydrogen (secondary N) is 2. The van der Waals surface area contributed by atoms with Gasteiger partial charge in [-0.15, -0.1) is 0 Å². The first kappa shape index (κ1) is 15.2. The van der Waals surface area contributed by atoms with E-state index in [0.29, 0.717) is 5.69 Å². The highest BCUT2D eigenvalue weighted by molar-refractivity contribution is 5.99. The van der Waals surface area contributed by atoms with Crippen molar-refractivity contribution in [1.82, 2.24) is 5.32 Å². The smallest absolute Gasteiger partial charge is 0.282 e. The van der Waals surface area contributed by atoms with Gasteiger partial charge in [0.2, 0.25) is 0 Å². The number of hydrazine groups is 1. The summed E-state index contributed by atoms with van der Waals surface area (Å²) in [5.74, 6) is 4.87. The first-order valence-electron chi connectivity index (χ1n) is 6.91. The summed E-state index contributed by atoms with van der Waals surface area (Å²) in [7, 11) is 0. The van der Waals surface area contributed by atoms with E-state index in [2.05, 4.69) is 24.6 Å². The Morgan fingerprint density at radius 3 is 2.71 bits per heavy atom. The predicted molar refractivity (Wildman–Crippen MR) is 79.8 cm³/mol. The van der Waals surface area contributed by atoms with Gasteiger partial charge in [-0.25, -0.2) is 0 Å². The average Bonchev–Trinajstić information content (AvgIpc) is 2.77. The van der Waals surface area contributed by atoms with Gasteiger partial charge < -0.3 is 10.7 Å². The third-order valence-electron chi connectivity index (χ3n) is 4.17. The van der Waals surface area contributed by atoms with Crippen LogP contribution in [0.4, 0.5) is 11.4 Å². The molecule has 0 saturated heterocycles. The monoisotopic (exact) mass is 292 g/mol. The molecule has 1 aromatic carbocycles. The van der Waals surface area contributed by atoms with Crippen LogP contribution in [0.25, 0.3) is 0 Å². The van der Waals surface area contributed by atoms with E-state index in [1.807, 2.05) is 0 Å². The molecule has 7 nitrogen and oxygen atoms in total. The van der Waals surface area contributed by atoms with Crippen LogP contribution in [0.3, 0.4) is 0 Å². The van der Waals surface area contributed by atoms with Crippen molar-refractivity contribution in [3.8, 4) is 0 Å². The van der Waals surface area contributed by atoms with Gasteiger partial charge in [0.15, 0.2) is 0 Å². The van der Waals surface area contributed by atoms with Crippen molar-refractivity contribution in [3.05, 3.63) is 33.9 Å². The summed E-state index contributed by atoms with van der Waals surface area (Å²) in [6.45, 7) is 4.19. The minimum Gasteiger partial charge on any atom is -0.349 e. The number of anilines is 1. The zero-order valence-corrected chi connectivity index (χ0v) is 12.2. The van der Waals surface area contributed by atoms with Crippen molar-refractivity contribution < 1.29 is 9.72 Å². The number of hydrogen-bond acceptors (Lipinski definition) is 5. The Bertz CT molecular complexity index is 571.